The predicted octanol–water partition coefficient (Wildman–Crippen LogP) is 11.9. The van der Waals surface area contributed by atoms with Gasteiger partial charge in [-0.2, -0.15) is 10.2 Å². The van der Waals surface area contributed by atoms with Crippen molar-refractivity contribution in [2.45, 2.75) is 96.3 Å². The Hall–Kier alpha value is -8.14. The van der Waals surface area contributed by atoms with Crippen LogP contribution in [0.2, 0.25) is 0 Å². The van der Waals surface area contributed by atoms with E-state index < -0.39 is 5.97 Å². The molecule has 4 aromatic carbocycles. The number of methoxy groups -OCH3 is 2. The van der Waals surface area contributed by atoms with Crippen molar-refractivity contribution in [3.05, 3.63) is 144 Å². The van der Waals surface area contributed by atoms with Crippen molar-refractivity contribution in [3.63, 3.8) is 0 Å². The number of hydrogen-bond donors (Lipinski definition) is 3. The summed E-state index contributed by atoms with van der Waals surface area (Å²) in [5, 5.41) is 28.0. The number of benzene rings is 4. The summed E-state index contributed by atoms with van der Waals surface area (Å²) in [6, 6.07) is 33.6. The van der Waals surface area contributed by atoms with Gasteiger partial charge in [-0.25, -0.2) is 28.9 Å². The van der Waals surface area contributed by atoms with E-state index in [9.17, 15) is 14.7 Å². The van der Waals surface area contributed by atoms with Gasteiger partial charge in [0.1, 0.15) is 45.3 Å². The fourth-order valence-corrected chi connectivity index (χ4v) is 9.21. The summed E-state index contributed by atoms with van der Waals surface area (Å²) >= 11 is 0. The Kier molecular flexibility index (Phi) is 15.7. The third-order valence-electron chi connectivity index (χ3n) is 13.0. The molecule has 0 amide bonds. The second kappa shape index (κ2) is 23.2. The van der Waals surface area contributed by atoms with Gasteiger partial charge in [0, 0.05) is 36.6 Å². The summed E-state index contributed by atoms with van der Waals surface area (Å²) in [5.74, 6) is 4.29. The van der Waals surface area contributed by atoms with Gasteiger partial charge >= 0.3 is 11.9 Å². The maximum Gasteiger partial charge on any atom is 0.338 e. The van der Waals surface area contributed by atoms with Crippen LogP contribution in [-0.2, 0) is 17.8 Å². The lowest BCUT2D eigenvalue weighted by Crippen LogP contribution is -2.22. The number of fused-ring (bicyclic) bond motifs is 2. The van der Waals surface area contributed by atoms with E-state index in [4.69, 9.17) is 33.9 Å². The van der Waals surface area contributed by atoms with E-state index in [1.54, 1.807) is 69.9 Å². The minimum Gasteiger partial charge on any atom is -0.497 e. The number of carbonyl (C=O) groups excluding carboxylic acids is 1. The quantitative estimate of drug-likeness (QED) is 0.0732. The number of anilines is 2. The lowest BCUT2D eigenvalue weighted by atomic mass is 9.95. The number of hydrogen-bond acceptors (Lipinski definition) is 13. The molecule has 0 spiro atoms. The number of aromatic nitrogens is 6. The molecule has 16 nitrogen and oxygen atoms in total. The SMILES string of the molecule is CCOC(=O)c1ccc(Oc2ccnc3c2c(NC2CCCCC2)nn3Cc2ccc(OC)cc2)cc1.COc1ccc(Cn2nc(NC3CCCCC3)c3c(Oc4ccc(C(=O)O)cc4)ccnc32)cc1. The van der Waals surface area contributed by atoms with Crippen molar-refractivity contribution in [1.29, 1.82) is 0 Å². The van der Waals surface area contributed by atoms with E-state index in [2.05, 4.69) is 20.6 Å². The summed E-state index contributed by atoms with van der Waals surface area (Å²) in [6.07, 6.45) is 15.3. The van der Waals surface area contributed by atoms with Gasteiger partial charge < -0.3 is 39.4 Å². The number of pyridine rings is 2. The number of carbonyl (C=O) groups is 2. The normalized spacial score (nSPS) is 14.0. The molecule has 2 aliphatic carbocycles. The van der Waals surface area contributed by atoms with Crippen molar-refractivity contribution in [2.24, 2.45) is 0 Å². The van der Waals surface area contributed by atoms with Crippen LogP contribution in [0.3, 0.4) is 0 Å². The Labute approximate surface area is 418 Å². The summed E-state index contributed by atoms with van der Waals surface area (Å²) in [6.45, 7) is 3.25. The van der Waals surface area contributed by atoms with E-state index in [1.807, 2.05) is 70.0 Å². The number of esters is 1. The van der Waals surface area contributed by atoms with E-state index in [1.165, 1.54) is 50.7 Å². The molecule has 10 rings (SSSR count). The molecule has 0 aliphatic heterocycles. The van der Waals surface area contributed by atoms with Gasteiger partial charge in [-0.3, -0.25) is 0 Å². The highest BCUT2D eigenvalue weighted by Gasteiger charge is 2.24. The first-order valence-electron chi connectivity index (χ1n) is 24.7. The number of rotatable bonds is 17. The van der Waals surface area contributed by atoms with E-state index >= 15 is 0 Å². The zero-order chi connectivity index (χ0) is 49.8. The van der Waals surface area contributed by atoms with Crippen LogP contribution in [0, 0.1) is 0 Å². The number of aromatic carboxylic acids is 1. The van der Waals surface area contributed by atoms with Crippen LogP contribution in [0.4, 0.5) is 11.6 Å². The topological polar surface area (TPSA) is 186 Å². The van der Waals surface area contributed by atoms with Crippen molar-refractivity contribution in [2.75, 3.05) is 31.5 Å². The van der Waals surface area contributed by atoms with Crippen LogP contribution in [0.5, 0.6) is 34.5 Å². The first kappa shape index (κ1) is 48.9. The molecule has 72 heavy (non-hydrogen) atoms. The van der Waals surface area contributed by atoms with Crippen molar-refractivity contribution >= 4 is 45.6 Å². The molecule has 0 radical (unpaired) electrons. The Morgan fingerprint density at radius 3 is 1.35 bits per heavy atom. The van der Waals surface area contributed by atoms with Crippen molar-refractivity contribution in [1.82, 2.24) is 29.5 Å². The average Bonchev–Trinajstić information content (AvgIpc) is 3.94. The zero-order valence-electron chi connectivity index (χ0n) is 40.9. The molecule has 0 atom stereocenters. The summed E-state index contributed by atoms with van der Waals surface area (Å²) in [5.41, 5.74) is 4.34. The monoisotopic (exact) mass is 972 g/mol. The highest BCUT2D eigenvalue weighted by molar-refractivity contribution is 5.95. The van der Waals surface area contributed by atoms with E-state index in [-0.39, 0.29) is 11.5 Å². The molecule has 2 aliphatic rings. The van der Waals surface area contributed by atoms with Gasteiger partial charge in [-0.05, 0) is 117 Å². The number of carboxylic acids is 1. The first-order chi connectivity index (χ1) is 35.2. The molecule has 2 fully saturated rings. The number of ether oxygens (including phenoxy) is 5. The smallest absolute Gasteiger partial charge is 0.338 e. The lowest BCUT2D eigenvalue weighted by Gasteiger charge is -2.22. The van der Waals surface area contributed by atoms with Gasteiger partial charge in [0.2, 0.25) is 0 Å². The highest BCUT2D eigenvalue weighted by Crippen LogP contribution is 2.38. The Morgan fingerprint density at radius 2 is 0.958 bits per heavy atom. The standard InChI is InChI=1S/C29H32N4O4.C27H28N4O4/c1-3-36-29(34)21-11-15-24(16-12-21)37-25-17-18-30-28-26(25)27(31-22-7-5-4-6-8-22)32-33(28)19-20-9-13-23(35-2)14-10-20;1-34-21-11-7-18(8-12-21)17-31-26-24(25(30-31)29-20-5-3-2-4-6-20)23(15-16-28-26)35-22-13-9-19(10-14-22)27(32)33/h9-18,22H,3-8,19H2,1-2H3,(H,31,32);7-16,20H,2-6,17H2,1H3,(H,29,30)(H,32,33). The fraction of sp³-hybridized carbons (Fsp3) is 0.321. The van der Waals surface area contributed by atoms with Crippen molar-refractivity contribution in [3.8, 4) is 34.5 Å². The van der Waals surface area contributed by atoms with Gasteiger partial charge in [0.05, 0.1) is 45.0 Å². The molecular weight excluding hydrogens is 913 g/mol. The molecule has 372 valence electrons. The molecular formula is C56H60N8O8. The average molecular weight is 973 g/mol. The number of nitrogens with one attached hydrogen (secondary N) is 2. The van der Waals surface area contributed by atoms with Crippen LogP contribution in [0.25, 0.3) is 22.1 Å². The minimum atomic E-state index is -0.971. The van der Waals surface area contributed by atoms with Crippen LogP contribution >= 0.6 is 0 Å². The third kappa shape index (κ3) is 11.9. The number of nitrogens with zero attached hydrogens (tertiary/aromatic N) is 6. The summed E-state index contributed by atoms with van der Waals surface area (Å²) in [7, 11) is 3.31. The van der Waals surface area contributed by atoms with Crippen LogP contribution in [-0.4, -0.2) is 79.5 Å². The van der Waals surface area contributed by atoms with Crippen LogP contribution in [0.15, 0.2) is 122 Å². The molecule has 16 heteroatoms. The van der Waals surface area contributed by atoms with Crippen molar-refractivity contribution < 1.29 is 38.4 Å². The third-order valence-corrected chi connectivity index (χ3v) is 13.0. The summed E-state index contributed by atoms with van der Waals surface area (Å²) < 4.78 is 32.0. The van der Waals surface area contributed by atoms with Crippen LogP contribution in [0.1, 0.15) is 103 Å². The minimum absolute atomic E-state index is 0.212. The number of carboxylic acid groups (broad SMARTS) is 1. The molecule has 0 bridgehead atoms. The van der Waals surface area contributed by atoms with Gasteiger partial charge in [0.15, 0.2) is 22.9 Å². The zero-order valence-corrected chi connectivity index (χ0v) is 40.9. The molecule has 0 unspecified atom stereocenters. The maximum atomic E-state index is 12.0. The Bertz CT molecular complexity index is 3070. The Balaban J connectivity index is 0.000000178. The fourth-order valence-electron chi connectivity index (χ4n) is 9.21. The van der Waals surface area contributed by atoms with E-state index in [0.29, 0.717) is 60.3 Å². The maximum absolute atomic E-state index is 12.0. The first-order valence-corrected chi connectivity index (χ1v) is 24.7. The van der Waals surface area contributed by atoms with Gasteiger partial charge in [0.25, 0.3) is 0 Å². The largest absolute Gasteiger partial charge is 0.497 e. The molecule has 3 N–H and O–H groups in total. The summed E-state index contributed by atoms with van der Waals surface area (Å²) in [4.78, 5) is 32.5. The molecule has 2 saturated carbocycles. The lowest BCUT2D eigenvalue weighted by molar-refractivity contribution is 0.0525. The highest BCUT2D eigenvalue weighted by atomic mass is 16.5. The predicted molar refractivity (Wildman–Crippen MR) is 276 cm³/mol. The second-order valence-electron chi connectivity index (χ2n) is 18.0. The molecule has 8 aromatic rings. The van der Waals surface area contributed by atoms with Gasteiger partial charge in [-0.1, -0.05) is 62.8 Å². The second-order valence-corrected chi connectivity index (χ2v) is 18.0. The Morgan fingerprint density at radius 1 is 0.556 bits per heavy atom. The molecule has 4 heterocycles. The molecule has 0 saturated heterocycles. The molecule has 4 aromatic heterocycles. The van der Waals surface area contributed by atoms with Crippen LogP contribution < -0.4 is 29.6 Å². The van der Waals surface area contributed by atoms with Gasteiger partial charge in [-0.15, -0.1) is 0 Å². The van der Waals surface area contributed by atoms with E-state index in [0.717, 1.165) is 82.0 Å².